The highest BCUT2D eigenvalue weighted by molar-refractivity contribution is 5.90. The zero-order chi connectivity index (χ0) is 20.0. The number of hydrogen-bond acceptors (Lipinski definition) is 5. The van der Waals surface area contributed by atoms with Crippen LogP contribution in [0.1, 0.15) is 39.2 Å². The largest absolute Gasteiger partial charge is 0.467 e. The smallest absolute Gasteiger partial charge is 0.410 e. The molecule has 0 radical (unpaired) electrons. The van der Waals surface area contributed by atoms with E-state index in [4.69, 9.17) is 9.47 Å². The second kappa shape index (κ2) is 8.88. The molecule has 2 rings (SSSR count). The summed E-state index contributed by atoms with van der Waals surface area (Å²) in [4.78, 5) is 38.7. The van der Waals surface area contributed by atoms with E-state index in [9.17, 15) is 14.4 Å². The van der Waals surface area contributed by atoms with Gasteiger partial charge in [-0.25, -0.2) is 9.59 Å². The molecule has 2 amide bonds. The number of nitrogens with zero attached hydrogens (tertiary/aromatic N) is 1. The lowest BCUT2D eigenvalue weighted by atomic mass is 10.1. The summed E-state index contributed by atoms with van der Waals surface area (Å²) in [6, 6.07) is 7.91. The summed E-state index contributed by atoms with van der Waals surface area (Å²) < 4.78 is 10.2. The van der Waals surface area contributed by atoms with Crippen LogP contribution in [-0.4, -0.2) is 54.2 Å². The lowest BCUT2D eigenvalue weighted by Gasteiger charge is -2.28. The maximum atomic E-state index is 12.8. The summed E-state index contributed by atoms with van der Waals surface area (Å²) in [7, 11) is 1.29. The van der Waals surface area contributed by atoms with Gasteiger partial charge in [0.2, 0.25) is 5.91 Å². The highest BCUT2D eigenvalue weighted by Crippen LogP contribution is 2.21. The van der Waals surface area contributed by atoms with Gasteiger partial charge in [0.1, 0.15) is 17.7 Å². The van der Waals surface area contributed by atoms with Gasteiger partial charge < -0.3 is 14.8 Å². The van der Waals surface area contributed by atoms with E-state index in [1.807, 2.05) is 30.3 Å². The number of amides is 2. The summed E-state index contributed by atoms with van der Waals surface area (Å²) >= 11 is 0. The number of carbonyl (C=O) groups excluding carboxylic acids is 3. The molecule has 1 saturated heterocycles. The second-order valence-electron chi connectivity index (χ2n) is 7.61. The van der Waals surface area contributed by atoms with E-state index in [1.54, 1.807) is 20.8 Å². The first kappa shape index (κ1) is 20.7. The lowest BCUT2D eigenvalue weighted by molar-refractivity contribution is -0.145. The van der Waals surface area contributed by atoms with Crippen LogP contribution in [0.2, 0.25) is 0 Å². The van der Waals surface area contributed by atoms with E-state index in [0.717, 1.165) is 5.56 Å². The fraction of sp³-hybridized carbons (Fsp3) is 0.550. The van der Waals surface area contributed by atoms with Gasteiger partial charge in [0, 0.05) is 13.0 Å². The Kier molecular flexibility index (Phi) is 6.82. The van der Waals surface area contributed by atoms with Crippen molar-refractivity contribution in [1.29, 1.82) is 0 Å². The molecule has 1 heterocycles. The molecule has 1 fully saturated rings. The third-order valence-electron chi connectivity index (χ3n) is 4.27. The van der Waals surface area contributed by atoms with Crippen molar-refractivity contribution in [3.05, 3.63) is 35.9 Å². The number of esters is 1. The molecule has 0 aliphatic carbocycles. The summed E-state index contributed by atoms with van der Waals surface area (Å²) in [5.74, 6) is -0.890. The Morgan fingerprint density at radius 2 is 1.89 bits per heavy atom. The highest BCUT2D eigenvalue weighted by Gasteiger charge is 2.38. The quantitative estimate of drug-likeness (QED) is 0.797. The van der Waals surface area contributed by atoms with Crippen molar-refractivity contribution in [3.63, 3.8) is 0 Å². The molecule has 7 heteroatoms. The van der Waals surface area contributed by atoms with Gasteiger partial charge in [-0.15, -0.1) is 0 Å². The van der Waals surface area contributed by atoms with Gasteiger partial charge >= 0.3 is 12.1 Å². The Morgan fingerprint density at radius 1 is 1.22 bits per heavy atom. The number of carbonyl (C=O) groups is 3. The van der Waals surface area contributed by atoms with Crippen LogP contribution in [0.15, 0.2) is 30.3 Å². The van der Waals surface area contributed by atoms with Crippen molar-refractivity contribution < 1.29 is 23.9 Å². The number of hydrogen-bond donors (Lipinski definition) is 1. The minimum atomic E-state index is -0.814. The van der Waals surface area contributed by atoms with Gasteiger partial charge in [-0.1, -0.05) is 30.3 Å². The first-order valence-corrected chi connectivity index (χ1v) is 9.13. The molecule has 1 aromatic rings. The van der Waals surface area contributed by atoms with Crippen LogP contribution in [0.25, 0.3) is 0 Å². The van der Waals surface area contributed by atoms with E-state index in [1.165, 1.54) is 12.0 Å². The number of benzene rings is 1. The first-order chi connectivity index (χ1) is 12.7. The number of nitrogens with one attached hydrogen (secondary N) is 1. The van der Waals surface area contributed by atoms with Gasteiger partial charge in [0.05, 0.1) is 7.11 Å². The van der Waals surface area contributed by atoms with E-state index >= 15 is 0 Å². The van der Waals surface area contributed by atoms with Gasteiger partial charge in [0.15, 0.2) is 0 Å². The van der Waals surface area contributed by atoms with E-state index in [2.05, 4.69) is 5.32 Å². The molecule has 7 nitrogen and oxygen atoms in total. The topological polar surface area (TPSA) is 84.9 Å². The van der Waals surface area contributed by atoms with Crippen molar-refractivity contribution in [2.75, 3.05) is 13.7 Å². The molecule has 0 aromatic heterocycles. The Hall–Kier alpha value is -2.57. The average Bonchev–Trinajstić information content (AvgIpc) is 3.10. The molecule has 1 aliphatic rings. The number of ether oxygens (including phenoxy) is 2. The van der Waals surface area contributed by atoms with Crippen LogP contribution in [0.5, 0.6) is 0 Å². The van der Waals surface area contributed by atoms with Crippen LogP contribution in [-0.2, 0) is 25.5 Å². The fourth-order valence-electron chi connectivity index (χ4n) is 3.03. The summed E-state index contributed by atoms with van der Waals surface area (Å²) in [6.45, 7) is 5.80. The molecule has 1 N–H and O–H groups in total. The second-order valence-corrected chi connectivity index (χ2v) is 7.61. The predicted octanol–water partition coefficient (Wildman–Crippen LogP) is 2.29. The van der Waals surface area contributed by atoms with Crippen molar-refractivity contribution in [1.82, 2.24) is 10.2 Å². The van der Waals surface area contributed by atoms with Crippen LogP contribution >= 0.6 is 0 Å². The van der Waals surface area contributed by atoms with Crippen molar-refractivity contribution in [2.45, 2.75) is 57.7 Å². The molecule has 0 bridgehead atoms. The van der Waals surface area contributed by atoms with Gasteiger partial charge in [0.25, 0.3) is 0 Å². The summed E-state index contributed by atoms with van der Waals surface area (Å²) in [5, 5.41) is 2.74. The molecule has 0 saturated carbocycles. The third kappa shape index (κ3) is 5.98. The summed E-state index contributed by atoms with van der Waals surface area (Å²) in [5.41, 5.74) is 0.270. The monoisotopic (exact) mass is 376 g/mol. The minimum Gasteiger partial charge on any atom is -0.467 e. The van der Waals surface area contributed by atoms with Crippen LogP contribution < -0.4 is 5.32 Å². The lowest BCUT2D eigenvalue weighted by Crippen LogP contribution is -2.52. The van der Waals surface area contributed by atoms with Gasteiger partial charge in [-0.2, -0.15) is 0 Å². The maximum absolute atomic E-state index is 12.8. The predicted molar refractivity (Wildman–Crippen MR) is 100 cm³/mol. The zero-order valence-corrected chi connectivity index (χ0v) is 16.4. The van der Waals surface area contributed by atoms with E-state index in [0.29, 0.717) is 25.8 Å². The molecular formula is C20H28N2O5. The average molecular weight is 376 g/mol. The van der Waals surface area contributed by atoms with E-state index < -0.39 is 29.7 Å². The molecule has 1 aliphatic heterocycles. The SMILES string of the molecule is COC(=O)[C@@H](Cc1ccccc1)NC(=O)[C@@H]1CCCN1C(=O)OC(C)(C)C. The first-order valence-electron chi connectivity index (χ1n) is 9.13. The van der Waals surface area contributed by atoms with Crippen molar-refractivity contribution in [2.24, 2.45) is 0 Å². The normalized spacial score (nSPS) is 17.9. The van der Waals surface area contributed by atoms with Crippen LogP contribution in [0.4, 0.5) is 4.79 Å². The molecule has 27 heavy (non-hydrogen) atoms. The molecule has 0 unspecified atom stereocenters. The highest BCUT2D eigenvalue weighted by atomic mass is 16.6. The molecule has 1 aromatic carbocycles. The van der Waals surface area contributed by atoms with Gasteiger partial charge in [-0.3, -0.25) is 9.69 Å². The molecular weight excluding hydrogens is 348 g/mol. The van der Waals surface area contributed by atoms with Gasteiger partial charge in [-0.05, 0) is 39.2 Å². The molecule has 148 valence electrons. The number of likely N-dealkylation sites (tertiary alicyclic amines) is 1. The minimum absolute atomic E-state index is 0.318. The zero-order valence-electron chi connectivity index (χ0n) is 16.4. The van der Waals surface area contributed by atoms with Crippen molar-refractivity contribution >= 4 is 18.0 Å². The van der Waals surface area contributed by atoms with Crippen LogP contribution in [0, 0.1) is 0 Å². The standard InChI is InChI=1S/C20H28N2O5/c1-20(2,3)27-19(25)22-12-8-11-16(22)17(23)21-15(18(24)26-4)13-14-9-6-5-7-10-14/h5-7,9-10,15-16H,8,11-13H2,1-4H3,(H,21,23)/t15-,16+/m1/s1. The number of methoxy groups -OCH3 is 1. The van der Waals surface area contributed by atoms with E-state index in [-0.39, 0.29) is 5.91 Å². The Balaban J connectivity index is 2.06. The Morgan fingerprint density at radius 3 is 2.48 bits per heavy atom. The third-order valence-corrected chi connectivity index (χ3v) is 4.27. The Bertz CT molecular complexity index is 669. The van der Waals surface area contributed by atoms with Crippen molar-refractivity contribution in [3.8, 4) is 0 Å². The number of rotatable bonds is 5. The maximum Gasteiger partial charge on any atom is 0.410 e. The molecule has 2 atom stereocenters. The fourth-order valence-corrected chi connectivity index (χ4v) is 3.03. The Labute approximate surface area is 160 Å². The molecule has 0 spiro atoms. The summed E-state index contributed by atoms with van der Waals surface area (Å²) in [6.07, 6.45) is 1.04. The van der Waals surface area contributed by atoms with Crippen LogP contribution in [0.3, 0.4) is 0 Å².